The monoisotopic (exact) mass is 466 g/mol. The van der Waals surface area contributed by atoms with E-state index in [9.17, 15) is 9.18 Å². The van der Waals surface area contributed by atoms with Crippen LogP contribution in [0.1, 0.15) is 25.3 Å². The molecule has 0 radical (unpaired) electrons. The first kappa shape index (κ1) is 23.0. The molecule has 3 aromatic rings. The number of nitrogens with one attached hydrogen (secondary N) is 1. The zero-order valence-electron chi connectivity index (χ0n) is 18.5. The summed E-state index contributed by atoms with van der Waals surface area (Å²) in [6.45, 7) is 4.61. The van der Waals surface area contributed by atoms with Gasteiger partial charge in [-0.25, -0.2) is 14.4 Å². The highest BCUT2D eigenvalue weighted by Gasteiger charge is 2.25. The number of piperidine rings is 1. The van der Waals surface area contributed by atoms with Crippen molar-refractivity contribution in [2.75, 3.05) is 24.6 Å². The molecule has 0 saturated carbocycles. The molecule has 1 aliphatic heterocycles. The van der Waals surface area contributed by atoms with Gasteiger partial charge in [0.15, 0.2) is 0 Å². The number of benzene rings is 2. The molecule has 2 heterocycles. The standard InChI is InChI=1S/C25H27FN4O2S/c1-2-32-21-8-6-18(7-9-21)16-27-25(31)19-10-12-30(13-11-19)23-15-24(29-17-28-23)33-22-5-3-4-20(26)14-22/h3-9,14-15,17,19H,2,10-13,16H2,1H3,(H,27,31). The maximum absolute atomic E-state index is 13.4. The third kappa shape index (κ3) is 6.44. The van der Waals surface area contributed by atoms with Crippen molar-refractivity contribution in [1.29, 1.82) is 0 Å². The molecule has 33 heavy (non-hydrogen) atoms. The third-order valence-electron chi connectivity index (χ3n) is 5.54. The number of aromatic nitrogens is 2. The molecule has 0 spiro atoms. The van der Waals surface area contributed by atoms with Crippen LogP contribution < -0.4 is 15.0 Å². The Morgan fingerprint density at radius 2 is 1.94 bits per heavy atom. The largest absolute Gasteiger partial charge is 0.494 e. The summed E-state index contributed by atoms with van der Waals surface area (Å²) in [6.07, 6.45) is 3.07. The van der Waals surface area contributed by atoms with Crippen LogP contribution in [0.2, 0.25) is 0 Å². The van der Waals surface area contributed by atoms with Crippen LogP contribution in [-0.4, -0.2) is 35.6 Å². The van der Waals surface area contributed by atoms with Gasteiger partial charge in [-0.2, -0.15) is 0 Å². The molecular formula is C25H27FN4O2S. The van der Waals surface area contributed by atoms with Crippen LogP contribution in [0.3, 0.4) is 0 Å². The Balaban J connectivity index is 1.27. The van der Waals surface area contributed by atoms with Crippen molar-refractivity contribution in [2.24, 2.45) is 5.92 Å². The molecular weight excluding hydrogens is 439 g/mol. The summed E-state index contributed by atoms with van der Waals surface area (Å²) in [5.41, 5.74) is 1.05. The van der Waals surface area contributed by atoms with E-state index < -0.39 is 0 Å². The Bertz CT molecular complexity index is 1070. The van der Waals surface area contributed by atoms with Crippen LogP contribution in [-0.2, 0) is 11.3 Å². The van der Waals surface area contributed by atoms with Gasteiger partial charge >= 0.3 is 0 Å². The van der Waals surface area contributed by atoms with Crippen molar-refractivity contribution in [3.8, 4) is 5.75 Å². The van der Waals surface area contributed by atoms with Crippen molar-refractivity contribution in [3.05, 3.63) is 72.3 Å². The second kappa shape index (κ2) is 11.1. The van der Waals surface area contributed by atoms with Gasteiger partial charge in [0.2, 0.25) is 5.91 Å². The molecule has 8 heteroatoms. The van der Waals surface area contributed by atoms with Gasteiger partial charge in [-0.15, -0.1) is 0 Å². The minimum atomic E-state index is -0.267. The smallest absolute Gasteiger partial charge is 0.223 e. The first-order valence-corrected chi connectivity index (χ1v) is 11.9. The first-order valence-electron chi connectivity index (χ1n) is 11.1. The number of rotatable bonds is 8. The van der Waals surface area contributed by atoms with Crippen LogP contribution >= 0.6 is 11.8 Å². The molecule has 1 fully saturated rings. The fraction of sp³-hybridized carbons (Fsp3) is 0.320. The van der Waals surface area contributed by atoms with E-state index in [0.29, 0.717) is 13.2 Å². The summed E-state index contributed by atoms with van der Waals surface area (Å²) >= 11 is 1.40. The van der Waals surface area contributed by atoms with Gasteiger partial charge in [-0.1, -0.05) is 30.0 Å². The predicted octanol–water partition coefficient (Wildman–Crippen LogP) is 4.70. The normalized spacial score (nSPS) is 14.2. The SMILES string of the molecule is CCOc1ccc(CNC(=O)C2CCN(c3cc(Sc4cccc(F)c4)ncn3)CC2)cc1. The molecule has 4 rings (SSSR count). The Morgan fingerprint density at radius 1 is 1.15 bits per heavy atom. The number of halogens is 1. The summed E-state index contributed by atoms with van der Waals surface area (Å²) in [4.78, 5) is 24.3. The van der Waals surface area contributed by atoms with Gasteiger partial charge in [0.25, 0.3) is 0 Å². The summed E-state index contributed by atoms with van der Waals surface area (Å²) < 4.78 is 18.9. The summed E-state index contributed by atoms with van der Waals surface area (Å²) in [5.74, 6) is 1.48. The molecule has 1 saturated heterocycles. The van der Waals surface area contributed by atoms with E-state index in [1.54, 1.807) is 6.07 Å². The van der Waals surface area contributed by atoms with E-state index in [4.69, 9.17) is 4.74 Å². The maximum atomic E-state index is 13.4. The fourth-order valence-electron chi connectivity index (χ4n) is 3.78. The number of hydrogen-bond acceptors (Lipinski definition) is 6. The third-order valence-corrected chi connectivity index (χ3v) is 6.46. The van der Waals surface area contributed by atoms with Gasteiger partial charge in [-0.3, -0.25) is 4.79 Å². The highest BCUT2D eigenvalue weighted by atomic mass is 32.2. The van der Waals surface area contributed by atoms with Crippen LogP contribution in [0.4, 0.5) is 10.2 Å². The Kier molecular flexibility index (Phi) is 7.78. The van der Waals surface area contributed by atoms with Crippen LogP contribution in [0.25, 0.3) is 0 Å². The second-order valence-electron chi connectivity index (χ2n) is 7.83. The topological polar surface area (TPSA) is 67.3 Å². The quantitative estimate of drug-likeness (QED) is 0.486. The van der Waals surface area contributed by atoms with E-state index in [1.165, 1.54) is 30.2 Å². The van der Waals surface area contributed by atoms with Crippen molar-refractivity contribution < 1.29 is 13.9 Å². The van der Waals surface area contributed by atoms with Crippen molar-refractivity contribution in [2.45, 2.75) is 36.2 Å². The number of hydrogen-bond donors (Lipinski definition) is 1. The lowest BCUT2D eigenvalue weighted by molar-refractivity contribution is -0.125. The summed E-state index contributed by atoms with van der Waals surface area (Å²) in [5, 5.41) is 3.82. The number of amides is 1. The van der Waals surface area contributed by atoms with Gasteiger partial charge < -0.3 is 15.0 Å². The first-order chi connectivity index (χ1) is 16.1. The number of nitrogens with zero attached hydrogens (tertiary/aromatic N) is 3. The Hall–Kier alpha value is -3.13. The molecule has 0 unspecified atom stereocenters. The van der Waals surface area contributed by atoms with E-state index in [0.717, 1.165) is 53.0 Å². The van der Waals surface area contributed by atoms with E-state index in [1.807, 2.05) is 43.3 Å². The van der Waals surface area contributed by atoms with Crippen molar-refractivity contribution in [3.63, 3.8) is 0 Å². The molecule has 0 atom stereocenters. The van der Waals surface area contributed by atoms with Crippen LogP contribution in [0.5, 0.6) is 5.75 Å². The van der Waals surface area contributed by atoms with Crippen LogP contribution in [0, 0.1) is 11.7 Å². The summed E-state index contributed by atoms with van der Waals surface area (Å²) in [6, 6.07) is 16.2. The van der Waals surface area contributed by atoms with Gasteiger partial charge in [0, 0.05) is 36.5 Å². The molecule has 1 amide bonds. The molecule has 0 bridgehead atoms. The second-order valence-corrected chi connectivity index (χ2v) is 8.92. The van der Waals surface area contributed by atoms with Crippen LogP contribution in [0.15, 0.2) is 70.8 Å². The molecule has 6 nitrogen and oxygen atoms in total. The predicted molar refractivity (Wildman–Crippen MR) is 127 cm³/mol. The van der Waals surface area contributed by atoms with E-state index >= 15 is 0 Å². The van der Waals surface area contributed by atoms with E-state index in [2.05, 4.69) is 20.2 Å². The lowest BCUT2D eigenvalue weighted by atomic mass is 9.96. The van der Waals surface area contributed by atoms with Crippen molar-refractivity contribution in [1.82, 2.24) is 15.3 Å². The van der Waals surface area contributed by atoms with Crippen molar-refractivity contribution >= 4 is 23.5 Å². The maximum Gasteiger partial charge on any atom is 0.223 e. The number of carbonyl (C=O) groups excluding carboxylic acids is 1. The zero-order chi connectivity index (χ0) is 23.0. The molecule has 1 aliphatic rings. The Morgan fingerprint density at radius 3 is 2.67 bits per heavy atom. The summed E-state index contributed by atoms with van der Waals surface area (Å²) in [7, 11) is 0. The molecule has 1 aromatic heterocycles. The fourth-order valence-corrected chi connectivity index (χ4v) is 4.61. The highest BCUT2D eigenvalue weighted by molar-refractivity contribution is 7.99. The van der Waals surface area contributed by atoms with Gasteiger partial charge in [-0.05, 0) is 55.7 Å². The molecule has 1 N–H and O–H groups in total. The van der Waals surface area contributed by atoms with Gasteiger partial charge in [0.1, 0.15) is 28.7 Å². The molecule has 0 aliphatic carbocycles. The number of anilines is 1. The average Bonchev–Trinajstić information content (AvgIpc) is 2.84. The number of ether oxygens (including phenoxy) is 1. The minimum absolute atomic E-state index is 0.00748. The average molecular weight is 467 g/mol. The minimum Gasteiger partial charge on any atom is -0.494 e. The van der Waals surface area contributed by atoms with E-state index in [-0.39, 0.29) is 17.6 Å². The Labute approximate surface area is 197 Å². The molecule has 172 valence electrons. The molecule has 2 aromatic carbocycles. The van der Waals surface area contributed by atoms with Gasteiger partial charge in [0.05, 0.1) is 6.61 Å². The lowest BCUT2D eigenvalue weighted by Gasteiger charge is -2.32. The number of carbonyl (C=O) groups is 1. The lowest BCUT2D eigenvalue weighted by Crippen LogP contribution is -2.40. The highest BCUT2D eigenvalue weighted by Crippen LogP contribution is 2.29. The zero-order valence-corrected chi connectivity index (χ0v) is 19.4.